The van der Waals surface area contributed by atoms with Crippen LogP contribution in [-0.4, -0.2) is 14.9 Å². The smallest absolute Gasteiger partial charge is 0.0764 e. The van der Waals surface area contributed by atoms with E-state index in [9.17, 15) is 0 Å². The second-order valence-electron chi connectivity index (χ2n) is 3.06. The van der Waals surface area contributed by atoms with Gasteiger partial charge in [-0.1, -0.05) is 33.4 Å². The van der Waals surface area contributed by atoms with Crippen LogP contribution >= 0.6 is 27.5 Å². The maximum atomic E-state index is 4.00. The van der Waals surface area contributed by atoms with Gasteiger partial charge in [0.2, 0.25) is 0 Å². The van der Waals surface area contributed by atoms with Gasteiger partial charge in [0.05, 0.1) is 5.69 Å². The lowest BCUT2D eigenvalue weighted by Gasteiger charge is -2.20. The lowest BCUT2D eigenvalue weighted by Crippen LogP contribution is -2.18. The van der Waals surface area contributed by atoms with Gasteiger partial charge in [-0.25, -0.2) is 0 Å². The van der Waals surface area contributed by atoms with Crippen LogP contribution in [0.4, 0.5) is 0 Å². The van der Waals surface area contributed by atoms with Crippen molar-refractivity contribution >= 4 is 27.5 Å². The molecule has 2 nitrogen and oxygen atoms in total. The summed E-state index contributed by atoms with van der Waals surface area (Å²) in [5.74, 6) is 0. The van der Waals surface area contributed by atoms with E-state index in [1.54, 1.807) is 0 Å². The molecule has 1 heterocycles. The molecule has 0 fully saturated rings. The SMILES string of the molecule is C=CC(C)(CBr)Cc1csnn1. The highest BCUT2D eigenvalue weighted by Crippen LogP contribution is 2.25. The van der Waals surface area contributed by atoms with Crippen LogP contribution in [0.15, 0.2) is 18.0 Å². The minimum atomic E-state index is 0.0930. The fourth-order valence-electron chi connectivity index (χ4n) is 0.849. The first-order chi connectivity index (χ1) is 5.70. The van der Waals surface area contributed by atoms with Gasteiger partial charge < -0.3 is 0 Å². The monoisotopic (exact) mass is 246 g/mol. The highest BCUT2D eigenvalue weighted by Gasteiger charge is 2.20. The van der Waals surface area contributed by atoms with Crippen molar-refractivity contribution in [2.45, 2.75) is 13.3 Å². The van der Waals surface area contributed by atoms with Crippen molar-refractivity contribution in [1.82, 2.24) is 9.59 Å². The molecule has 0 amide bonds. The fourth-order valence-corrected chi connectivity index (χ4v) is 1.73. The van der Waals surface area contributed by atoms with Crippen molar-refractivity contribution in [3.05, 3.63) is 23.7 Å². The molecule has 0 saturated heterocycles. The molecular weight excluding hydrogens is 236 g/mol. The number of halogens is 1. The van der Waals surface area contributed by atoms with E-state index < -0.39 is 0 Å². The van der Waals surface area contributed by atoms with Gasteiger partial charge in [-0.05, 0) is 11.5 Å². The van der Waals surface area contributed by atoms with Crippen LogP contribution in [-0.2, 0) is 6.42 Å². The van der Waals surface area contributed by atoms with E-state index in [4.69, 9.17) is 0 Å². The number of alkyl halides is 1. The molecule has 1 rings (SSSR count). The van der Waals surface area contributed by atoms with Crippen LogP contribution in [0.25, 0.3) is 0 Å². The molecule has 1 aromatic heterocycles. The maximum Gasteiger partial charge on any atom is 0.0764 e. The number of rotatable bonds is 4. The summed E-state index contributed by atoms with van der Waals surface area (Å²) >= 11 is 4.85. The third-order valence-corrected chi connectivity index (χ3v) is 3.62. The molecule has 4 heteroatoms. The van der Waals surface area contributed by atoms with Gasteiger partial charge in [0, 0.05) is 22.5 Å². The summed E-state index contributed by atoms with van der Waals surface area (Å²) in [4.78, 5) is 0. The number of hydrogen-bond donors (Lipinski definition) is 0. The zero-order chi connectivity index (χ0) is 9.03. The van der Waals surface area contributed by atoms with Gasteiger partial charge in [0.25, 0.3) is 0 Å². The Morgan fingerprint density at radius 2 is 2.58 bits per heavy atom. The molecule has 0 saturated carbocycles. The average Bonchev–Trinajstić information content (AvgIpc) is 2.57. The normalized spacial score (nSPS) is 15.5. The van der Waals surface area contributed by atoms with Gasteiger partial charge in [-0.3, -0.25) is 0 Å². The van der Waals surface area contributed by atoms with Crippen LogP contribution in [0.2, 0.25) is 0 Å². The zero-order valence-electron chi connectivity index (χ0n) is 6.96. The number of aromatic nitrogens is 2. The molecule has 0 aliphatic carbocycles. The summed E-state index contributed by atoms with van der Waals surface area (Å²) in [5, 5.41) is 6.88. The van der Waals surface area contributed by atoms with Crippen LogP contribution in [0.3, 0.4) is 0 Å². The molecule has 0 N–H and O–H groups in total. The van der Waals surface area contributed by atoms with E-state index in [-0.39, 0.29) is 5.41 Å². The quantitative estimate of drug-likeness (QED) is 0.603. The van der Waals surface area contributed by atoms with Gasteiger partial charge in [-0.15, -0.1) is 11.7 Å². The van der Waals surface area contributed by atoms with Crippen LogP contribution in [0.5, 0.6) is 0 Å². The topological polar surface area (TPSA) is 25.8 Å². The van der Waals surface area contributed by atoms with Gasteiger partial charge in [0.1, 0.15) is 0 Å². The Labute approximate surface area is 85.0 Å². The van der Waals surface area contributed by atoms with Gasteiger partial charge >= 0.3 is 0 Å². The first kappa shape index (κ1) is 9.86. The third kappa shape index (κ3) is 2.38. The van der Waals surface area contributed by atoms with Crippen molar-refractivity contribution < 1.29 is 0 Å². The first-order valence-electron chi connectivity index (χ1n) is 3.66. The Bertz CT molecular complexity index is 248. The number of nitrogens with zero attached hydrogens (tertiary/aromatic N) is 2. The molecule has 0 aromatic carbocycles. The second kappa shape index (κ2) is 4.14. The fraction of sp³-hybridized carbons (Fsp3) is 0.500. The third-order valence-electron chi connectivity index (χ3n) is 1.79. The Morgan fingerprint density at radius 3 is 3.00 bits per heavy atom. The predicted octanol–water partition coefficient (Wildman–Crippen LogP) is 2.67. The van der Waals surface area contributed by atoms with E-state index in [0.717, 1.165) is 17.4 Å². The largest absolute Gasteiger partial charge is 0.143 e. The van der Waals surface area contributed by atoms with Crippen molar-refractivity contribution in [2.24, 2.45) is 5.41 Å². The zero-order valence-corrected chi connectivity index (χ0v) is 9.36. The summed E-state index contributed by atoms with van der Waals surface area (Å²) in [6.07, 6.45) is 2.86. The Morgan fingerprint density at radius 1 is 1.83 bits per heavy atom. The summed E-state index contributed by atoms with van der Waals surface area (Å²) in [7, 11) is 0. The molecule has 12 heavy (non-hydrogen) atoms. The molecule has 66 valence electrons. The lowest BCUT2D eigenvalue weighted by molar-refractivity contribution is 0.486. The van der Waals surface area contributed by atoms with Gasteiger partial charge in [-0.2, -0.15) is 0 Å². The predicted molar refractivity (Wildman–Crippen MR) is 55.7 cm³/mol. The van der Waals surface area contributed by atoms with Crippen LogP contribution < -0.4 is 0 Å². The molecule has 1 aromatic rings. The Hall–Kier alpha value is -0.220. The standard InChI is InChI=1S/C8H11BrN2S/c1-3-8(2,6-9)4-7-5-12-11-10-7/h3,5H,1,4,6H2,2H3. The molecular formula is C8H11BrN2S. The molecule has 0 radical (unpaired) electrons. The summed E-state index contributed by atoms with van der Waals surface area (Å²) < 4.78 is 3.82. The summed E-state index contributed by atoms with van der Waals surface area (Å²) in [6.45, 7) is 5.96. The van der Waals surface area contributed by atoms with Crippen molar-refractivity contribution in [3.8, 4) is 0 Å². The molecule has 0 aliphatic heterocycles. The summed E-state index contributed by atoms with van der Waals surface area (Å²) in [6, 6.07) is 0. The highest BCUT2D eigenvalue weighted by molar-refractivity contribution is 9.09. The van der Waals surface area contributed by atoms with E-state index in [0.29, 0.717) is 0 Å². The molecule has 1 atom stereocenters. The van der Waals surface area contributed by atoms with E-state index in [1.165, 1.54) is 11.5 Å². The van der Waals surface area contributed by atoms with Crippen molar-refractivity contribution in [3.63, 3.8) is 0 Å². The second-order valence-corrected chi connectivity index (χ2v) is 4.24. The number of hydrogen-bond acceptors (Lipinski definition) is 3. The first-order valence-corrected chi connectivity index (χ1v) is 5.61. The van der Waals surface area contributed by atoms with Crippen molar-refractivity contribution in [2.75, 3.05) is 5.33 Å². The van der Waals surface area contributed by atoms with Crippen molar-refractivity contribution in [1.29, 1.82) is 0 Å². The minimum Gasteiger partial charge on any atom is -0.143 e. The molecule has 0 bridgehead atoms. The van der Waals surface area contributed by atoms with E-state index >= 15 is 0 Å². The molecule has 1 unspecified atom stereocenters. The molecule has 0 spiro atoms. The maximum absolute atomic E-state index is 4.00. The van der Waals surface area contributed by atoms with Crippen LogP contribution in [0.1, 0.15) is 12.6 Å². The van der Waals surface area contributed by atoms with E-state index in [1.807, 2.05) is 11.5 Å². The van der Waals surface area contributed by atoms with E-state index in [2.05, 4.69) is 39.0 Å². The summed E-state index contributed by atoms with van der Waals surface area (Å²) in [5.41, 5.74) is 1.14. The molecule has 0 aliphatic rings. The van der Waals surface area contributed by atoms with Gasteiger partial charge in [0.15, 0.2) is 0 Å². The lowest BCUT2D eigenvalue weighted by atomic mass is 9.88. The number of allylic oxidation sites excluding steroid dienone is 1. The highest BCUT2D eigenvalue weighted by atomic mass is 79.9. The Balaban J connectivity index is 2.66. The Kier molecular flexibility index (Phi) is 3.40. The van der Waals surface area contributed by atoms with Crippen LogP contribution in [0, 0.1) is 5.41 Å². The minimum absolute atomic E-state index is 0.0930. The average molecular weight is 247 g/mol.